The molecule has 16 heteroatoms. The molecule has 1 saturated heterocycles. The van der Waals surface area contributed by atoms with Crippen molar-refractivity contribution in [2.75, 3.05) is 64.6 Å². The Kier molecular flexibility index (Phi) is 17.4. The summed E-state index contributed by atoms with van der Waals surface area (Å²) in [4.78, 5) is 43.4. The fourth-order valence-electron chi connectivity index (χ4n) is 9.54. The number of nitrogens with zero attached hydrogens (tertiary/aromatic N) is 8. The van der Waals surface area contributed by atoms with Gasteiger partial charge in [0.15, 0.2) is 0 Å². The number of hydrogen-bond donors (Lipinski definition) is 1. The average Bonchev–Trinajstić information content (AvgIpc) is 4.20. The minimum absolute atomic E-state index is 0.164. The first-order valence-corrected chi connectivity index (χ1v) is 25.6. The number of quaternary nitrogens is 1. The summed E-state index contributed by atoms with van der Waals surface area (Å²) >= 11 is 0. The van der Waals surface area contributed by atoms with Crippen LogP contribution in [0.25, 0.3) is 10.8 Å². The van der Waals surface area contributed by atoms with Crippen molar-refractivity contribution in [3.05, 3.63) is 155 Å². The Bertz CT molecular complexity index is 2680. The van der Waals surface area contributed by atoms with E-state index in [1.165, 1.54) is 41.7 Å². The number of carbonyl (C=O) groups excluding carboxylic acids is 3. The Morgan fingerprint density at radius 3 is 2.15 bits per heavy atom. The monoisotopic (exact) mass is 978 g/mol. The Morgan fingerprint density at radius 2 is 1.42 bits per heavy atom. The summed E-state index contributed by atoms with van der Waals surface area (Å²) in [6, 6.07) is 26.0. The second kappa shape index (κ2) is 25.0. The van der Waals surface area contributed by atoms with Crippen molar-refractivity contribution in [1.82, 2.24) is 35.4 Å². The van der Waals surface area contributed by atoms with Gasteiger partial charge in [-0.25, -0.2) is 0 Å². The Labute approximate surface area is 422 Å². The number of likely N-dealkylation sites (N-methyl/N-ethyl adjacent to an activating group) is 1. The summed E-state index contributed by atoms with van der Waals surface area (Å²) in [6.07, 6.45) is 20.5. The Hall–Kier alpha value is -6.85. The number of aromatic nitrogens is 3. The van der Waals surface area contributed by atoms with Crippen LogP contribution in [0.3, 0.4) is 0 Å². The topological polar surface area (TPSA) is 163 Å². The molecule has 1 aromatic heterocycles. The van der Waals surface area contributed by atoms with E-state index in [0.717, 1.165) is 104 Å². The summed E-state index contributed by atoms with van der Waals surface area (Å²) < 4.78 is 24.6. The first kappa shape index (κ1) is 50.1. The minimum atomic E-state index is -0.270. The number of aryl methyl sites for hydroxylation is 1. The first-order chi connectivity index (χ1) is 35.4. The summed E-state index contributed by atoms with van der Waals surface area (Å²) in [5, 5.41) is 16.2. The van der Waals surface area contributed by atoms with Gasteiger partial charge in [0.05, 0.1) is 50.8 Å². The van der Waals surface area contributed by atoms with Gasteiger partial charge in [-0.15, -0.1) is 5.10 Å². The first-order valence-electron chi connectivity index (χ1n) is 25.6. The Morgan fingerprint density at radius 1 is 0.750 bits per heavy atom. The molecule has 4 heterocycles. The van der Waals surface area contributed by atoms with Crippen LogP contribution in [-0.4, -0.2) is 107 Å². The van der Waals surface area contributed by atoms with Gasteiger partial charge in [0, 0.05) is 78.1 Å². The minimum Gasteiger partial charge on any atom is -0.491 e. The second-order valence-corrected chi connectivity index (χ2v) is 18.8. The van der Waals surface area contributed by atoms with Crippen LogP contribution in [0.15, 0.2) is 121 Å². The highest BCUT2D eigenvalue weighted by Gasteiger charge is 2.36. The molecule has 72 heavy (non-hydrogen) atoms. The molecule has 0 saturated carbocycles. The maximum absolute atomic E-state index is 13.8. The number of allylic oxidation sites excluding steroid dienone is 2. The third kappa shape index (κ3) is 13.2. The summed E-state index contributed by atoms with van der Waals surface area (Å²) in [6.45, 7) is 7.97. The summed E-state index contributed by atoms with van der Waals surface area (Å²) in [7, 11) is 1.87. The number of ether oxygens (including phenoxy) is 4. The maximum Gasteiger partial charge on any atom is 0.317 e. The molecule has 1 aliphatic carbocycles. The predicted octanol–water partition coefficient (Wildman–Crippen LogP) is 6.85. The molecule has 0 bridgehead atoms. The van der Waals surface area contributed by atoms with Crippen LogP contribution in [0.5, 0.6) is 5.75 Å². The van der Waals surface area contributed by atoms with Crippen LogP contribution in [0, 0.1) is 5.92 Å². The molecular weight excluding hydrogens is 911 g/mol. The van der Waals surface area contributed by atoms with Crippen molar-refractivity contribution in [3.63, 3.8) is 0 Å². The average molecular weight is 978 g/mol. The molecule has 2 N–H and O–H groups in total. The van der Waals surface area contributed by atoms with Gasteiger partial charge in [0.25, 0.3) is 11.8 Å². The number of nitrogens with two attached hydrogens (primary N) is 1. The number of amides is 2. The lowest BCUT2D eigenvalue weighted by Crippen LogP contribution is -2.80. The van der Waals surface area contributed by atoms with Crippen molar-refractivity contribution in [3.8, 4) is 5.75 Å². The number of imide groups is 1. The van der Waals surface area contributed by atoms with E-state index in [1.807, 2.05) is 108 Å². The van der Waals surface area contributed by atoms with E-state index in [9.17, 15) is 14.4 Å². The number of anilines is 1. The number of carbonyl (C=O) groups is 3. The Balaban J connectivity index is 0.580. The van der Waals surface area contributed by atoms with Crippen LogP contribution >= 0.6 is 0 Å². The molecule has 3 aliphatic heterocycles. The highest BCUT2D eigenvalue weighted by molar-refractivity contribution is 6.27. The lowest BCUT2D eigenvalue weighted by Gasteiger charge is -2.32. The molecule has 2 amide bonds. The van der Waals surface area contributed by atoms with Gasteiger partial charge in [0.2, 0.25) is 0 Å². The highest BCUT2D eigenvalue weighted by atomic mass is 16.5. The predicted molar refractivity (Wildman–Crippen MR) is 273 cm³/mol. The van der Waals surface area contributed by atoms with Gasteiger partial charge in [-0.05, 0) is 66.4 Å². The molecule has 4 aliphatic rings. The van der Waals surface area contributed by atoms with E-state index in [4.69, 9.17) is 18.9 Å². The third-order valence-corrected chi connectivity index (χ3v) is 13.6. The molecule has 0 spiro atoms. The van der Waals surface area contributed by atoms with Crippen molar-refractivity contribution in [1.29, 1.82) is 0 Å². The summed E-state index contributed by atoms with van der Waals surface area (Å²) in [5.41, 5.74) is 11.9. The zero-order valence-corrected chi connectivity index (χ0v) is 41.4. The smallest absolute Gasteiger partial charge is 0.317 e. The standard InChI is InChI=1S/C56H66N9O7/c1-61-47(39-65-54(66)50-16-12-15-49-52(62-29-31-69-32-30-62)26-25-51(53(49)50)55(65)67)38-64(60-61)28-11-7-5-3-2-4-6-10-27-63-37-46(58-59-63)41-70-33-34-71-48-23-21-43(22-24-48)36-57-35-42-17-19-44(20-18-42)40-72-56(68)45-13-8-9-14-45/h8-9,12-26,37-38,45,57H,2-7,10-11,27-36,39-41H2,1H3/p+1. The normalized spacial score (nSPS) is 15.7. The quantitative estimate of drug-likeness (QED) is 0.0332. The summed E-state index contributed by atoms with van der Waals surface area (Å²) in [5.74, 6) is -0.215. The van der Waals surface area contributed by atoms with E-state index in [-0.39, 0.29) is 36.9 Å². The van der Waals surface area contributed by atoms with Crippen LogP contribution in [0.1, 0.15) is 94.5 Å². The lowest BCUT2D eigenvalue weighted by molar-refractivity contribution is -0.686. The number of rotatable bonds is 27. The van der Waals surface area contributed by atoms with E-state index in [0.29, 0.717) is 44.2 Å². The number of morpholine rings is 1. The van der Waals surface area contributed by atoms with Crippen LogP contribution in [0.4, 0.5) is 5.69 Å². The van der Waals surface area contributed by atoms with Crippen molar-refractivity contribution in [2.45, 2.75) is 84.2 Å². The van der Waals surface area contributed by atoms with Crippen molar-refractivity contribution < 1.29 is 38.6 Å². The fourth-order valence-corrected chi connectivity index (χ4v) is 9.54. The second-order valence-electron chi connectivity index (χ2n) is 18.8. The number of esters is 1. The molecule has 5 aromatic rings. The van der Waals surface area contributed by atoms with Gasteiger partial charge in [-0.2, -0.15) is 0 Å². The van der Waals surface area contributed by atoms with Crippen molar-refractivity contribution >= 4 is 34.2 Å². The fraction of sp³-hybridized carbons (Fsp3) is 0.411. The molecule has 0 unspecified atom stereocenters. The third-order valence-electron chi connectivity index (χ3n) is 13.6. The van der Waals surface area contributed by atoms with Gasteiger partial charge in [-0.1, -0.05) is 104 Å². The van der Waals surface area contributed by atoms with Crippen LogP contribution < -0.4 is 20.5 Å². The zero-order chi connectivity index (χ0) is 49.5. The van der Waals surface area contributed by atoms with Gasteiger partial charge in [0.1, 0.15) is 37.7 Å². The number of hydrogen-bond acceptors (Lipinski definition) is 12. The van der Waals surface area contributed by atoms with Gasteiger partial charge >= 0.3 is 5.97 Å². The number of benzene rings is 4. The van der Waals surface area contributed by atoms with Gasteiger partial charge < -0.3 is 29.2 Å². The van der Waals surface area contributed by atoms with E-state index >= 15 is 0 Å². The molecule has 16 nitrogen and oxygen atoms in total. The highest BCUT2D eigenvalue weighted by Crippen LogP contribution is 2.37. The molecule has 9 rings (SSSR count). The molecule has 1 radical (unpaired) electrons. The van der Waals surface area contributed by atoms with Crippen molar-refractivity contribution in [2.24, 2.45) is 5.92 Å². The SMILES string of the molecule is CN1[N]N(CCCCCCCCCCn2cc(COCCOc3ccc(C[NH2+]Cc4ccc(COC(=O)C5C=CC=C5)cc4)cc3)nn2)C=C1CN1C(=O)c2cccc3c(N4CCOCC4)ccc(c23)C1=O. The van der Waals surface area contributed by atoms with E-state index < -0.39 is 0 Å². The van der Waals surface area contributed by atoms with Crippen LogP contribution in [0.2, 0.25) is 0 Å². The van der Waals surface area contributed by atoms with E-state index in [2.05, 4.69) is 50.3 Å². The molecular formula is C56H67N9O7+. The number of unbranched alkanes of at least 4 members (excludes halogenated alkanes) is 7. The zero-order valence-electron chi connectivity index (χ0n) is 41.4. The molecule has 377 valence electrons. The van der Waals surface area contributed by atoms with Gasteiger partial charge in [-0.3, -0.25) is 34.0 Å². The van der Waals surface area contributed by atoms with E-state index in [1.54, 1.807) is 5.01 Å². The molecule has 1 fully saturated rings. The molecule has 4 aromatic carbocycles. The molecule has 0 atom stereocenters. The van der Waals surface area contributed by atoms with Crippen LogP contribution in [-0.2, 0) is 51.9 Å². The maximum atomic E-state index is 13.8. The lowest BCUT2D eigenvalue weighted by atomic mass is 9.92. The largest absolute Gasteiger partial charge is 0.491 e.